The minimum Gasteiger partial charge on any atom is -0.465 e. The lowest BCUT2D eigenvalue weighted by atomic mass is 10.1. The van der Waals surface area contributed by atoms with E-state index >= 15 is 0 Å². The molecule has 1 saturated heterocycles. The van der Waals surface area contributed by atoms with E-state index < -0.39 is 59.6 Å². The second-order valence-electron chi connectivity index (χ2n) is 9.70. The Bertz CT molecular complexity index is 1500. The first-order chi connectivity index (χ1) is 18.9. The third kappa shape index (κ3) is 6.03. The molecule has 1 aliphatic rings. The van der Waals surface area contributed by atoms with Crippen LogP contribution in [0.15, 0.2) is 58.1 Å². The van der Waals surface area contributed by atoms with Gasteiger partial charge in [-0.25, -0.2) is 14.0 Å². The summed E-state index contributed by atoms with van der Waals surface area (Å²) < 4.78 is 57.9. The second-order valence-corrected chi connectivity index (χ2v) is 9.70. The van der Waals surface area contributed by atoms with Crippen LogP contribution in [-0.4, -0.2) is 46.0 Å². The Morgan fingerprint density at radius 2 is 1.82 bits per heavy atom. The molecular weight excluding hydrogens is 534 g/mol. The average Bonchev–Trinajstić information content (AvgIpc) is 2.89. The highest BCUT2D eigenvalue weighted by molar-refractivity contribution is 5.65. The molecule has 1 amide bonds. The molecule has 1 aliphatic heterocycles. The highest BCUT2D eigenvalue weighted by Gasteiger charge is 2.35. The average molecular weight is 564 g/mol. The van der Waals surface area contributed by atoms with Crippen LogP contribution in [0.25, 0.3) is 0 Å². The monoisotopic (exact) mass is 563 g/mol. The normalized spacial score (nSPS) is 16.6. The van der Waals surface area contributed by atoms with Crippen LogP contribution in [0.3, 0.4) is 0 Å². The van der Waals surface area contributed by atoms with Gasteiger partial charge in [0.1, 0.15) is 11.5 Å². The largest absolute Gasteiger partial charge is 0.465 e. The summed E-state index contributed by atoms with van der Waals surface area (Å²) in [6.07, 6.45) is -6.28. The lowest BCUT2D eigenvalue weighted by Gasteiger charge is -2.35. The fraction of sp³-hybridized carbons (Fsp3) is 0.370. The topological polar surface area (TPSA) is 109 Å². The van der Waals surface area contributed by atoms with Crippen LogP contribution in [-0.2, 0) is 19.3 Å². The van der Waals surface area contributed by atoms with Gasteiger partial charge in [-0.05, 0) is 31.5 Å². The van der Waals surface area contributed by atoms with E-state index in [0.29, 0.717) is 25.2 Å². The first kappa shape index (κ1) is 28.9. The van der Waals surface area contributed by atoms with Gasteiger partial charge >= 0.3 is 18.0 Å². The molecule has 214 valence electrons. The predicted molar refractivity (Wildman–Crippen MR) is 140 cm³/mol. The number of rotatable bonds is 7. The van der Waals surface area contributed by atoms with E-state index in [1.165, 1.54) is 6.92 Å². The number of amides is 1. The van der Waals surface area contributed by atoms with Gasteiger partial charge in [-0.2, -0.15) is 13.2 Å². The Morgan fingerprint density at radius 3 is 2.45 bits per heavy atom. The predicted octanol–water partition coefficient (Wildman–Crippen LogP) is 3.33. The maximum Gasteiger partial charge on any atom is 0.416 e. The number of hydrogen-bond donors (Lipinski definition) is 3. The Kier molecular flexibility index (Phi) is 8.33. The maximum absolute atomic E-state index is 14.8. The Morgan fingerprint density at radius 1 is 1.12 bits per heavy atom. The number of carboxylic acid groups (broad SMARTS) is 1. The minimum atomic E-state index is -4.88. The minimum absolute atomic E-state index is 0.0319. The quantitative estimate of drug-likeness (QED) is 0.381. The summed E-state index contributed by atoms with van der Waals surface area (Å²) >= 11 is 0. The summed E-state index contributed by atoms with van der Waals surface area (Å²) in [7, 11) is 0. The number of hydrogen-bond acceptors (Lipinski definition) is 5. The first-order valence-electron chi connectivity index (χ1n) is 12.6. The van der Waals surface area contributed by atoms with E-state index in [2.05, 4.69) is 10.6 Å². The molecule has 3 N–H and O–H groups in total. The van der Waals surface area contributed by atoms with Crippen molar-refractivity contribution in [2.45, 2.75) is 45.2 Å². The first-order valence-corrected chi connectivity index (χ1v) is 12.6. The fourth-order valence-corrected chi connectivity index (χ4v) is 5.03. The maximum atomic E-state index is 14.8. The van der Waals surface area contributed by atoms with E-state index in [1.54, 1.807) is 35.2 Å². The number of aromatic nitrogens is 2. The van der Waals surface area contributed by atoms with Gasteiger partial charge in [0.2, 0.25) is 0 Å². The Hall–Kier alpha value is -4.13. The molecule has 1 unspecified atom stereocenters. The van der Waals surface area contributed by atoms with Crippen molar-refractivity contribution in [3.63, 3.8) is 0 Å². The summed E-state index contributed by atoms with van der Waals surface area (Å²) in [6, 6.07) is 9.75. The fourth-order valence-electron chi connectivity index (χ4n) is 5.03. The van der Waals surface area contributed by atoms with Crippen LogP contribution in [0.2, 0.25) is 0 Å². The number of alkyl halides is 3. The van der Waals surface area contributed by atoms with E-state index in [0.717, 1.165) is 27.3 Å². The van der Waals surface area contributed by atoms with Crippen molar-refractivity contribution in [1.82, 2.24) is 19.8 Å². The van der Waals surface area contributed by atoms with Crippen molar-refractivity contribution in [2.75, 3.05) is 24.5 Å². The lowest BCUT2D eigenvalue weighted by molar-refractivity contribution is -0.138. The Balaban J connectivity index is 1.93. The molecule has 0 saturated carbocycles. The summed E-state index contributed by atoms with van der Waals surface area (Å²) in [4.78, 5) is 40.9. The number of nitrogens with zero attached hydrogens (tertiary/aromatic N) is 3. The molecule has 0 bridgehead atoms. The molecule has 2 heterocycles. The third-order valence-corrected chi connectivity index (χ3v) is 6.95. The van der Waals surface area contributed by atoms with Crippen LogP contribution >= 0.6 is 0 Å². The zero-order chi connectivity index (χ0) is 29.2. The molecule has 1 fully saturated rings. The van der Waals surface area contributed by atoms with Crippen LogP contribution < -0.4 is 26.8 Å². The number of anilines is 1. The van der Waals surface area contributed by atoms with Gasteiger partial charge in [0, 0.05) is 36.9 Å². The lowest BCUT2D eigenvalue weighted by Crippen LogP contribution is -2.53. The molecule has 4 rings (SSSR count). The third-order valence-electron chi connectivity index (χ3n) is 6.95. The van der Waals surface area contributed by atoms with Crippen molar-refractivity contribution in [3.8, 4) is 0 Å². The molecule has 2 aromatic carbocycles. The smallest absolute Gasteiger partial charge is 0.416 e. The van der Waals surface area contributed by atoms with E-state index in [1.807, 2.05) is 6.92 Å². The van der Waals surface area contributed by atoms with Crippen molar-refractivity contribution in [3.05, 3.63) is 97.6 Å². The summed E-state index contributed by atoms with van der Waals surface area (Å²) in [5.74, 6) is -1.15. The van der Waals surface area contributed by atoms with Gasteiger partial charge in [0.15, 0.2) is 0 Å². The summed E-state index contributed by atoms with van der Waals surface area (Å²) in [6.45, 7) is 3.37. The van der Waals surface area contributed by atoms with Gasteiger partial charge in [-0.15, -0.1) is 0 Å². The second kappa shape index (κ2) is 11.5. The summed E-state index contributed by atoms with van der Waals surface area (Å²) in [5.41, 5.74) is -3.05. The van der Waals surface area contributed by atoms with Crippen LogP contribution in [0.4, 0.5) is 28.0 Å². The summed E-state index contributed by atoms with van der Waals surface area (Å²) in [5, 5.41) is 15.0. The number of benzene rings is 2. The van der Waals surface area contributed by atoms with Crippen molar-refractivity contribution in [1.29, 1.82) is 0 Å². The van der Waals surface area contributed by atoms with Crippen LogP contribution in [0, 0.1) is 12.7 Å². The number of carbonyl (C=O) groups is 1. The SMILES string of the molecule is Cc1c(N2CCNC(C)C2)c(=O)n(C[C@H](NC(=O)O)c2ccccc2)c(=O)n1Cc1c(F)cccc1C(F)(F)F. The zero-order valence-electron chi connectivity index (χ0n) is 21.8. The van der Waals surface area contributed by atoms with Crippen LogP contribution in [0.1, 0.15) is 35.3 Å². The number of halogens is 4. The highest BCUT2D eigenvalue weighted by Crippen LogP contribution is 2.33. The van der Waals surface area contributed by atoms with Gasteiger partial charge in [0.05, 0.1) is 24.7 Å². The van der Waals surface area contributed by atoms with Crippen molar-refractivity contribution < 1.29 is 27.5 Å². The van der Waals surface area contributed by atoms with Gasteiger partial charge in [-0.3, -0.25) is 13.9 Å². The number of nitrogens with one attached hydrogen (secondary N) is 2. The molecule has 0 aliphatic carbocycles. The molecule has 9 nitrogen and oxygen atoms in total. The molecular formula is C27H29F4N5O4. The molecule has 40 heavy (non-hydrogen) atoms. The zero-order valence-corrected chi connectivity index (χ0v) is 21.8. The number of piperazine rings is 1. The molecule has 0 radical (unpaired) electrons. The molecule has 0 spiro atoms. The molecule has 3 aromatic rings. The Labute approximate surface area is 226 Å². The highest BCUT2D eigenvalue weighted by atomic mass is 19.4. The van der Waals surface area contributed by atoms with Crippen molar-refractivity contribution in [2.24, 2.45) is 0 Å². The standard InChI is InChI=1S/C27H29F4N5O4/c1-16-13-34(12-11-32-16)23-17(2)35(14-19-20(27(29,30)31)9-6-10-21(19)28)26(40)36(24(23)37)15-22(33-25(38)39)18-7-4-3-5-8-18/h3-10,16,22,32-33H,11-15H2,1-2H3,(H,38,39)/t16?,22-/m0/s1. The molecule has 13 heteroatoms. The van der Waals surface area contributed by atoms with Crippen LogP contribution in [0.5, 0.6) is 0 Å². The van der Waals surface area contributed by atoms with Gasteiger partial charge < -0.3 is 20.6 Å². The van der Waals surface area contributed by atoms with Gasteiger partial charge in [0.25, 0.3) is 5.56 Å². The van der Waals surface area contributed by atoms with Gasteiger partial charge in [-0.1, -0.05) is 36.4 Å². The van der Waals surface area contributed by atoms with E-state index in [9.17, 15) is 37.1 Å². The van der Waals surface area contributed by atoms with E-state index in [4.69, 9.17) is 0 Å². The molecule has 1 aromatic heterocycles. The van der Waals surface area contributed by atoms with E-state index in [-0.39, 0.29) is 17.4 Å². The van der Waals surface area contributed by atoms with Crippen molar-refractivity contribution >= 4 is 11.8 Å². The molecule has 2 atom stereocenters.